The number of thiazole rings is 1. The topological polar surface area (TPSA) is 105 Å². The van der Waals surface area contributed by atoms with Crippen molar-refractivity contribution >= 4 is 27.0 Å². The van der Waals surface area contributed by atoms with Gasteiger partial charge in [-0.05, 0) is 19.1 Å². The summed E-state index contributed by atoms with van der Waals surface area (Å²) >= 11 is 0.933. The smallest absolute Gasteiger partial charge is 0.304 e. The summed E-state index contributed by atoms with van der Waals surface area (Å²) in [5.41, 5.74) is 5.91. The maximum Gasteiger partial charge on any atom is 0.304 e. The molecule has 0 aliphatic heterocycles. The van der Waals surface area contributed by atoms with Gasteiger partial charge in [0.25, 0.3) is 0 Å². The molecule has 0 radical (unpaired) electrons. The van der Waals surface area contributed by atoms with E-state index in [0.29, 0.717) is 5.69 Å². The molecule has 0 bridgehead atoms. The zero-order valence-electron chi connectivity index (χ0n) is 10.4. The first-order valence-electron chi connectivity index (χ1n) is 5.51. The number of nitrogens with two attached hydrogens (primary N) is 1. The van der Waals surface area contributed by atoms with E-state index in [9.17, 15) is 17.6 Å². The molecule has 1 aromatic carbocycles. The van der Waals surface area contributed by atoms with Gasteiger partial charge in [0.15, 0.2) is 0 Å². The number of anilines is 1. The molecule has 1 aromatic heterocycles. The molecule has 0 aliphatic rings. The Labute approximate surface area is 118 Å². The van der Waals surface area contributed by atoms with Crippen LogP contribution in [0, 0.1) is 12.7 Å². The predicted octanol–water partition coefficient (Wildman–Crippen LogP) is 0.945. The van der Waals surface area contributed by atoms with E-state index < -0.39 is 15.8 Å². The molecule has 0 saturated carbocycles. The molecule has 0 unspecified atom stereocenters. The molecule has 6 nitrogen and oxygen atoms in total. The molecule has 2 aromatic rings. The maximum atomic E-state index is 13.5. The second kappa shape index (κ2) is 5.35. The largest absolute Gasteiger partial charge is 0.399 e. The van der Waals surface area contributed by atoms with Crippen molar-refractivity contribution in [3.8, 4) is 0 Å². The Morgan fingerprint density at radius 2 is 2.15 bits per heavy atom. The van der Waals surface area contributed by atoms with E-state index >= 15 is 0 Å². The number of hydrogen-bond acceptors (Lipinski definition) is 5. The molecule has 20 heavy (non-hydrogen) atoms. The summed E-state index contributed by atoms with van der Waals surface area (Å²) in [5.74, 6) is -0.686. The molecule has 0 aliphatic carbocycles. The Bertz CT molecular complexity index is 795. The number of nitrogen functional groups attached to an aromatic ring is 1. The highest BCUT2D eigenvalue weighted by molar-refractivity contribution is 7.89. The summed E-state index contributed by atoms with van der Waals surface area (Å²) in [4.78, 5) is 12.9. The Balaban J connectivity index is 2.29. The molecular formula is C11H12FN3O3S2. The Kier molecular flexibility index (Phi) is 3.93. The average Bonchev–Trinajstić information content (AvgIpc) is 2.77. The minimum Gasteiger partial charge on any atom is -0.399 e. The van der Waals surface area contributed by atoms with Crippen LogP contribution in [0.2, 0.25) is 0 Å². The van der Waals surface area contributed by atoms with Crippen molar-refractivity contribution in [3.63, 3.8) is 0 Å². The molecule has 2 rings (SSSR count). The van der Waals surface area contributed by atoms with Gasteiger partial charge in [-0.1, -0.05) is 11.3 Å². The molecule has 0 spiro atoms. The van der Waals surface area contributed by atoms with Gasteiger partial charge < -0.3 is 10.7 Å². The summed E-state index contributed by atoms with van der Waals surface area (Å²) in [7, 11) is -3.91. The quantitative estimate of drug-likeness (QED) is 0.730. The van der Waals surface area contributed by atoms with Crippen molar-refractivity contribution in [1.29, 1.82) is 0 Å². The lowest BCUT2D eigenvalue weighted by molar-refractivity contribution is 0.574. The fourth-order valence-corrected chi connectivity index (χ4v) is 3.48. The van der Waals surface area contributed by atoms with Crippen LogP contribution in [0.5, 0.6) is 0 Å². The van der Waals surface area contributed by atoms with E-state index in [1.54, 1.807) is 0 Å². The predicted molar refractivity (Wildman–Crippen MR) is 74.5 cm³/mol. The third-order valence-corrected chi connectivity index (χ3v) is 4.88. The number of nitrogens with one attached hydrogen (secondary N) is 2. The van der Waals surface area contributed by atoms with E-state index in [4.69, 9.17) is 5.73 Å². The number of aromatic nitrogens is 1. The van der Waals surface area contributed by atoms with Crippen molar-refractivity contribution in [2.24, 2.45) is 0 Å². The van der Waals surface area contributed by atoms with Gasteiger partial charge in [0.2, 0.25) is 10.0 Å². The Morgan fingerprint density at radius 1 is 1.45 bits per heavy atom. The van der Waals surface area contributed by atoms with E-state index in [2.05, 4.69) is 9.71 Å². The van der Waals surface area contributed by atoms with Crippen LogP contribution in [0.3, 0.4) is 0 Å². The molecule has 0 atom stereocenters. The monoisotopic (exact) mass is 317 g/mol. The van der Waals surface area contributed by atoms with E-state index in [0.717, 1.165) is 17.4 Å². The summed E-state index contributed by atoms with van der Waals surface area (Å²) in [5, 5.41) is 1.51. The van der Waals surface area contributed by atoms with Gasteiger partial charge in [-0.2, -0.15) is 0 Å². The molecule has 0 fully saturated rings. The van der Waals surface area contributed by atoms with Gasteiger partial charge in [0, 0.05) is 22.3 Å². The zero-order chi connectivity index (χ0) is 14.9. The van der Waals surface area contributed by atoms with Gasteiger partial charge in [0.05, 0.1) is 11.4 Å². The number of halogens is 1. The van der Waals surface area contributed by atoms with Crippen molar-refractivity contribution < 1.29 is 12.8 Å². The molecule has 0 amide bonds. The number of aromatic amines is 1. The highest BCUT2D eigenvalue weighted by atomic mass is 32.2. The second-order valence-corrected chi connectivity index (χ2v) is 6.70. The van der Waals surface area contributed by atoms with E-state index in [1.165, 1.54) is 18.4 Å². The van der Waals surface area contributed by atoms with Crippen LogP contribution >= 0.6 is 11.3 Å². The fraction of sp³-hybridized carbons (Fsp3) is 0.182. The highest BCUT2D eigenvalue weighted by Gasteiger charge is 2.19. The third kappa shape index (κ3) is 3.06. The first kappa shape index (κ1) is 14.7. The lowest BCUT2D eigenvalue weighted by Crippen LogP contribution is -2.25. The van der Waals surface area contributed by atoms with Crippen molar-refractivity contribution in [2.75, 3.05) is 5.73 Å². The van der Waals surface area contributed by atoms with Gasteiger partial charge in [0.1, 0.15) is 5.82 Å². The van der Waals surface area contributed by atoms with Crippen LogP contribution in [0.4, 0.5) is 10.1 Å². The summed E-state index contributed by atoms with van der Waals surface area (Å²) < 4.78 is 40.0. The Hall–Kier alpha value is -1.71. The number of H-pyrrole nitrogens is 1. The zero-order valence-corrected chi connectivity index (χ0v) is 12.1. The van der Waals surface area contributed by atoms with Gasteiger partial charge in [-0.3, -0.25) is 4.79 Å². The SMILES string of the molecule is Cc1c(F)cc(N)cc1S(=O)(=O)NCc1csc(=O)[nH]1. The van der Waals surface area contributed by atoms with Gasteiger partial charge in [-0.25, -0.2) is 17.5 Å². The molecule has 108 valence electrons. The fourth-order valence-electron chi connectivity index (χ4n) is 1.60. The van der Waals surface area contributed by atoms with Gasteiger partial charge in [-0.15, -0.1) is 0 Å². The molecule has 4 N–H and O–H groups in total. The van der Waals surface area contributed by atoms with Crippen LogP contribution in [0.1, 0.15) is 11.3 Å². The summed E-state index contributed by atoms with van der Waals surface area (Å²) in [6, 6.07) is 2.25. The van der Waals surface area contributed by atoms with Crippen molar-refractivity contribution in [2.45, 2.75) is 18.4 Å². The second-order valence-electron chi connectivity index (χ2n) is 4.12. The lowest BCUT2D eigenvalue weighted by Gasteiger charge is -2.10. The highest BCUT2D eigenvalue weighted by Crippen LogP contribution is 2.21. The van der Waals surface area contributed by atoms with Crippen LogP contribution in [-0.2, 0) is 16.6 Å². The van der Waals surface area contributed by atoms with Crippen molar-refractivity contribution in [3.05, 3.63) is 44.3 Å². The molecule has 0 saturated heterocycles. The molecular weight excluding hydrogens is 305 g/mol. The van der Waals surface area contributed by atoms with Gasteiger partial charge >= 0.3 is 4.87 Å². The van der Waals surface area contributed by atoms with Crippen LogP contribution in [-0.4, -0.2) is 13.4 Å². The van der Waals surface area contributed by atoms with Crippen molar-refractivity contribution in [1.82, 2.24) is 9.71 Å². The minimum absolute atomic E-state index is 0.00879. The summed E-state index contributed by atoms with van der Waals surface area (Å²) in [6.07, 6.45) is 0. The maximum absolute atomic E-state index is 13.5. The molecule has 1 heterocycles. The number of sulfonamides is 1. The van der Waals surface area contributed by atoms with Crippen LogP contribution in [0.15, 0.2) is 27.2 Å². The average molecular weight is 317 g/mol. The summed E-state index contributed by atoms with van der Waals surface area (Å²) in [6.45, 7) is 1.27. The van der Waals surface area contributed by atoms with E-state index in [-0.39, 0.29) is 27.6 Å². The first-order chi connectivity index (χ1) is 9.29. The van der Waals surface area contributed by atoms with Crippen LogP contribution in [0.25, 0.3) is 0 Å². The third-order valence-electron chi connectivity index (χ3n) is 2.63. The lowest BCUT2D eigenvalue weighted by atomic mass is 10.2. The van der Waals surface area contributed by atoms with E-state index in [1.807, 2.05) is 0 Å². The normalized spacial score (nSPS) is 11.7. The number of hydrogen-bond donors (Lipinski definition) is 3. The number of rotatable bonds is 4. The standard InChI is InChI=1S/C11H12FN3O3S2/c1-6-9(12)2-7(13)3-10(6)20(17,18)14-4-8-5-19-11(16)15-8/h2-3,5,14H,4,13H2,1H3,(H,15,16). The van der Waals surface area contributed by atoms with Crippen LogP contribution < -0.4 is 15.3 Å². The first-order valence-corrected chi connectivity index (χ1v) is 7.88. The molecule has 9 heteroatoms. The Morgan fingerprint density at radius 3 is 2.75 bits per heavy atom. The number of benzene rings is 1. The minimum atomic E-state index is -3.91.